The van der Waals surface area contributed by atoms with Gasteiger partial charge in [0.2, 0.25) is 0 Å². The van der Waals surface area contributed by atoms with Crippen molar-refractivity contribution in [1.82, 2.24) is 14.7 Å². The molecule has 29 heavy (non-hydrogen) atoms. The first kappa shape index (κ1) is 21.5. The van der Waals surface area contributed by atoms with Crippen LogP contribution in [0.5, 0.6) is 5.75 Å². The van der Waals surface area contributed by atoms with E-state index in [-0.39, 0.29) is 5.97 Å². The molecule has 1 aliphatic rings. The van der Waals surface area contributed by atoms with Crippen LogP contribution < -0.4 is 10.1 Å². The van der Waals surface area contributed by atoms with Gasteiger partial charge < -0.3 is 14.2 Å². The fraction of sp³-hybridized carbons (Fsp3) is 0.524. The van der Waals surface area contributed by atoms with Crippen LogP contribution in [-0.4, -0.2) is 74.8 Å². The first-order valence-electron chi connectivity index (χ1n) is 10.2. The minimum absolute atomic E-state index is 0.336. The predicted molar refractivity (Wildman–Crippen MR) is 115 cm³/mol. The first-order chi connectivity index (χ1) is 13.9. The minimum atomic E-state index is -1.67. The molecule has 0 N–H and O–H groups in total. The molecule has 8 heteroatoms. The number of hydrogen-bond donors (Lipinski definition) is 0. The zero-order valence-corrected chi connectivity index (χ0v) is 18.8. The lowest BCUT2D eigenvalue weighted by Crippen LogP contribution is -2.39. The first-order valence-corrected chi connectivity index (χ1v) is 13.7. The summed E-state index contributed by atoms with van der Waals surface area (Å²) in [5.41, 5.74) is 1.28. The average Bonchev–Trinajstić information content (AvgIpc) is 3.16. The summed E-state index contributed by atoms with van der Waals surface area (Å²) in [6.45, 7) is 13.8. The second-order valence-electron chi connectivity index (χ2n) is 8.09. The summed E-state index contributed by atoms with van der Waals surface area (Å²) in [5, 5.41) is 5.70. The number of hydrogen-bond acceptors (Lipinski definition) is 6. The van der Waals surface area contributed by atoms with Gasteiger partial charge in [-0.05, 0) is 37.3 Å². The summed E-state index contributed by atoms with van der Waals surface area (Å²) in [6, 6.07) is 9.55. The predicted octanol–water partition coefficient (Wildman–Crippen LogP) is 2.31. The molecule has 0 spiro atoms. The van der Waals surface area contributed by atoms with Crippen LogP contribution in [0.2, 0.25) is 19.6 Å². The molecule has 0 bridgehead atoms. The van der Waals surface area contributed by atoms with Crippen molar-refractivity contribution in [3.8, 4) is 11.4 Å². The number of ether oxygens (including phenoxy) is 3. The van der Waals surface area contributed by atoms with Gasteiger partial charge in [-0.15, -0.1) is 0 Å². The molecule has 0 unspecified atom stereocenters. The van der Waals surface area contributed by atoms with Gasteiger partial charge in [-0.2, -0.15) is 5.10 Å². The molecule has 1 aromatic carbocycles. The fourth-order valence-electron chi connectivity index (χ4n) is 3.10. The highest BCUT2D eigenvalue weighted by atomic mass is 28.3. The van der Waals surface area contributed by atoms with Gasteiger partial charge >= 0.3 is 5.97 Å². The zero-order chi connectivity index (χ0) is 20.9. The van der Waals surface area contributed by atoms with Crippen molar-refractivity contribution in [2.45, 2.75) is 26.6 Å². The van der Waals surface area contributed by atoms with E-state index >= 15 is 0 Å². The van der Waals surface area contributed by atoms with E-state index < -0.39 is 8.07 Å². The van der Waals surface area contributed by atoms with Crippen molar-refractivity contribution >= 4 is 19.4 Å². The Morgan fingerprint density at radius 2 is 1.86 bits per heavy atom. The maximum Gasteiger partial charge on any atom is 0.357 e. The SMILES string of the molecule is CCOC(=O)c1cc([Si](C)(C)C)nn1-c1ccc(OCCN2CCOCC2)cc1. The number of carbonyl (C=O) groups excluding carboxylic acids is 1. The third-order valence-corrected chi connectivity index (χ3v) is 6.60. The number of rotatable bonds is 8. The van der Waals surface area contributed by atoms with Crippen molar-refractivity contribution in [2.24, 2.45) is 0 Å². The Hall–Kier alpha value is -2.16. The molecule has 1 saturated heterocycles. The Morgan fingerprint density at radius 3 is 2.48 bits per heavy atom. The van der Waals surface area contributed by atoms with Gasteiger partial charge in [0, 0.05) is 25.0 Å². The summed E-state index contributed by atoms with van der Waals surface area (Å²) < 4.78 is 18.2. The van der Waals surface area contributed by atoms with Crippen molar-refractivity contribution < 1.29 is 19.0 Å². The standard InChI is InChI=1S/C21H31N3O4Si/c1-5-27-21(25)19-16-20(29(2,3)4)22-24(19)17-6-8-18(9-7-17)28-15-12-23-10-13-26-14-11-23/h6-9,16H,5,10-15H2,1-4H3. The maximum absolute atomic E-state index is 12.4. The minimum Gasteiger partial charge on any atom is -0.492 e. The molecular formula is C21H31N3O4Si. The molecule has 2 heterocycles. The molecule has 2 aromatic rings. The molecule has 0 amide bonds. The molecular weight excluding hydrogens is 386 g/mol. The second-order valence-corrected chi connectivity index (χ2v) is 13.1. The number of morpholine rings is 1. The molecule has 1 fully saturated rings. The monoisotopic (exact) mass is 417 g/mol. The quantitative estimate of drug-likeness (QED) is 0.485. The highest BCUT2D eigenvalue weighted by Gasteiger charge is 2.25. The molecule has 0 saturated carbocycles. The smallest absolute Gasteiger partial charge is 0.357 e. The maximum atomic E-state index is 12.4. The van der Waals surface area contributed by atoms with Gasteiger partial charge in [-0.3, -0.25) is 4.90 Å². The van der Waals surface area contributed by atoms with Crippen molar-refractivity contribution in [2.75, 3.05) is 46.1 Å². The second kappa shape index (κ2) is 9.56. The molecule has 1 aromatic heterocycles. The van der Waals surface area contributed by atoms with Crippen molar-refractivity contribution in [1.29, 1.82) is 0 Å². The Balaban J connectivity index is 1.71. The van der Waals surface area contributed by atoms with Gasteiger partial charge in [-0.25, -0.2) is 9.48 Å². The van der Waals surface area contributed by atoms with Crippen LogP contribution >= 0.6 is 0 Å². The van der Waals surface area contributed by atoms with Gasteiger partial charge in [0.15, 0.2) is 5.69 Å². The molecule has 0 aliphatic carbocycles. The van der Waals surface area contributed by atoms with E-state index in [1.165, 1.54) is 0 Å². The number of nitrogens with zero attached hydrogens (tertiary/aromatic N) is 3. The Labute approximate surface area is 173 Å². The highest BCUT2D eigenvalue weighted by Crippen LogP contribution is 2.18. The van der Waals surface area contributed by atoms with E-state index in [2.05, 4.69) is 24.5 Å². The third kappa shape index (κ3) is 5.68. The average molecular weight is 418 g/mol. The van der Waals surface area contributed by atoms with E-state index in [0.29, 0.717) is 18.9 Å². The topological polar surface area (TPSA) is 65.8 Å². The van der Waals surface area contributed by atoms with E-state index in [9.17, 15) is 4.79 Å². The Bertz CT molecular complexity index is 808. The fourth-order valence-corrected chi connectivity index (χ4v) is 4.07. The summed E-state index contributed by atoms with van der Waals surface area (Å²) in [4.78, 5) is 14.8. The summed E-state index contributed by atoms with van der Waals surface area (Å²) >= 11 is 0. The van der Waals surface area contributed by atoms with Crippen molar-refractivity contribution in [3.05, 3.63) is 36.0 Å². The van der Waals surface area contributed by atoms with Crippen LogP contribution in [0, 0.1) is 0 Å². The molecule has 0 radical (unpaired) electrons. The van der Waals surface area contributed by atoms with Gasteiger partial charge in [0.1, 0.15) is 20.4 Å². The third-order valence-electron chi connectivity index (χ3n) is 4.82. The summed E-state index contributed by atoms with van der Waals surface area (Å²) in [6.07, 6.45) is 0. The van der Waals surface area contributed by atoms with Crippen LogP contribution in [0.3, 0.4) is 0 Å². The molecule has 158 valence electrons. The van der Waals surface area contributed by atoms with E-state index in [1.54, 1.807) is 11.6 Å². The summed E-state index contributed by atoms with van der Waals surface area (Å²) in [5.74, 6) is 0.451. The van der Waals surface area contributed by atoms with Crippen LogP contribution in [0.15, 0.2) is 30.3 Å². The van der Waals surface area contributed by atoms with Crippen molar-refractivity contribution in [3.63, 3.8) is 0 Å². The van der Waals surface area contributed by atoms with Crippen LogP contribution in [-0.2, 0) is 9.47 Å². The highest BCUT2D eigenvalue weighted by molar-refractivity contribution is 6.88. The van der Waals surface area contributed by atoms with Crippen LogP contribution in [0.25, 0.3) is 5.69 Å². The normalized spacial score (nSPS) is 15.3. The molecule has 0 atom stereocenters. The van der Waals surface area contributed by atoms with Crippen LogP contribution in [0.1, 0.15) is 17.4 Å². The summed E-state index contributed by atoms with van der Waals surface area (Å²) in [7, 11) is -1.67. The van der Waals surface area contributed by atoms with E-state index in [0.717, 1.165) is 49.6 Å². The van der Waals surface area contributed by atoms with E-state index in [1.807, 2.05) is 30.3 Å². The number of benzene rings is 1. The van der Waals surface area contributed by atoms with Gasteiger partial charge in [0.05, 0.1) is 25.5 Å². The molecule has 3 rings (SSSR count). The molecule has 1 aliphatic heterocycles. The largest absolute Gasteiger partial charge is 0.492 e. The number of carbonyl (C=O) groups is 1. The van der Waals surface area contributed by atoms with E-state index in [4.69, 9.17) is 19.3 Å². The Kier molecular flexibility index (Phi) is 7.10. The van der Waals surface area contributed by atoms with Crippen LogP contribution in [0.4, 0.5) is 0 Å². The number of aromatic nitrogens is 2. The lowest BCUT2D eigenvalue weighted by atomic mass is 10.3. The number of esters is 1. The molecule has 7 nitrogen and oxygen atoms in total. The van der Waals surface area contributed by atoms with Gasteiger partial charge in [0.25, 0.3) is 0 Å². The van der Waals surface area contributed by atoms with Gasteiger partial charge in [-0.1, -0.05) is 19.6 Å². The lowest BCUT2D eigenvalue weighted by molar-refractivity contribution is 0.0322. The zero-order valence-electron chi connectivity index (χ0n) is 17.8. The lowest BCUT2D eigenvalue weighted by Gasteiger charge is -2.26. The Morgan fingerprint density at radius 1 is 1.17 bits per heavy atom.